The van der Waals surface area contributed by atoms with Crippen LogP contribution < -0.4 is 4.90 Å². The topological polar surface area (TPSA) is 20.3 Å². The minimum atomic E-state index is -0.212. The summed E-state index contributed by atoms with van der Waals surface area (Å²) in [6.45, 7) is 0.760. The predicted molar refractivity (Wildman–Crippen MR) is 86.4 cm³/mol. The van der Waals surface area contributed by atoms with Crippen molar-refractivity contribution in [3.63, 3.8) is 0 Å². The number of halogens is 2. The summed E-state index contributed by atoms with van der Waals surface area (Å²) in [5.41, 5.74) is 2.06. The third-order valence-corrected chi connectivity index (χ3v) is 6.12. The average molecular weight is 354 g/mol. The molecule has 3 rings (SSSR count). The average Bonchev–Trinajstić information content (AvgIpc) is 2.51. The Morgan fingerprint density at radius 3 is 2.67 bits per heavy atom. The zero-order valence-corrected chi connectivity index (χ0v) is 13.8. The van der Waals surface area contributed by atoms with Crippen LogP contribution in [-0.4, -0.2) is 17.8 Å². The third-order valence-electron chi connectivity index (χ3n) is 4.93. The highest BCUT2D eigenvalue weighted by Gasteiger charge is 2.36. The lowest BCUT2D eigenvalue weighted by Crippen LogP contribution is -2.45. The molecule has 2 nitrogen and oxygen atoms in total. The Balaban J connectivity index is 1.89. The van der Waals surface area contributed by atoms with Gasteiger partial charge in [0, 0.05) is 24.0 Å². The van der Waals surface area contributed by atoms with Crippen molar-refractivity contribution < 1.29 is 9.18 Å². The Bertz CT molecular complexity index is 540. The van der Waals surface area contributed by atoms with Gasteiger partial charge in [0.05, 0.1) is 0 Å². The van der Waals surface area contributed by atoms with Crippen LogP contribution in [0.4, 0.5) is 10.1 Å². The number of aryl methyl sites for hydroxylation is 1. The molecule has 1 aromatic rings. The Labute approximate surface area is 133 Å². The first-order valence-electron chi connectivity index (χ1n) is 7.78. The summed E-state index contributed by atoms with van der Waals surface area (Å²) in [6, 6.07) is 4.81. The lowest BCUT2D eigenvalue weighted by atomic mass is 9.75. The normalized spacial score (nSPS) is 21.2. The van der Waals surface area contributed by atoms with Crippen LogP contribution in [0.5, 0.6) is 0 Å². The molecular weight excluding hydrogens is 333 g/mol. The molecule has 0 saturated heterocycles. The van der Waals surface area contributed by atoms with E-state index in [2.05, 4.69) is 15.9 Å². The van der Waals surface area contributed by atoms with E-state index in [-0.39, 0.29) is 17.1 Å². The maximum absolute atomic E-state index is 13.4. The Kier molecular flexibility index (Phi) is 4.34. The zero-order valence-electron chi connectivity index (χ0n) is 12.2. The summed E-state index contributed by atoms with van der Waals surface area (Å²) < 4.78 is 13.4. The molecule has 1 aliphatic heterocycles. The van der Waals surface area contributed by atoms with Crippen molar-refractivity contribution in [1.29, 1.82) is 0 Å². The number of benzene rings is 1. The number of hydrogen-bond acceptors (Lipinski definition) is 1. The lowest BCUT2D eigenvalue weighted by Gasteiger charge is -2.41. The number of anilines is 1. The van der Waals surface area contributed by atoms with Gasteiger partial charge in [0.25, 0.3) is 0 Å². The molecule has 0 bridgehead atoms. The smallest absolute Gasteiger partial charge is 0.227 e. The Morgan fingerprint density at radius 1 is 1.19 bits per heavy atom. The second kappa shape index (κ2) is 6.07. The van der Waals surface area contributed by atoms with E-state index < -0.39 is 0 Å². The molecule has 0 aromatic heterocycles. The fourth-order valence-corrected chi connectivity index (χ4v) is 4.41. The lowest BCUT2D eigenvalue weighted by molar-refractivity contribution is -0.119. The standard InChI is InChI=1S/C17H21BrFNO/c18-11-17(8-2-1-3-9-17)12-20-15-6-5-14(19)10-13(15)4-7-16(20)21/h5-6,10H,1-4,7-9,11-12H2. The molecule has 0 spiro atoms. The minimum Gasteiger partial charge on any atom is -0.312 e. The molecule has 1 heterocycles. The van der Waals surface area contributed by atoms with Crippen LogP contribution in [0, 0.1) is 11.2 Å². The van der Waals surface area contributed by atoms with E-state index in [1.807, 2.05) is 4.90 Å². The van der Waals surface area contributed by atoms with Crippen LogP contribution in [0.2, 0.25) is 0 Å². The number of fused-ring (bicyclic) bond motifs is 1. The highest BCUT2D eigenvalue weighted by atomic mass is 79.9. The first-order chi connectivity index (χ1) is 10.1. The summed E-state index contributed by atoms with van der Waals surface area (Å²) in [5.74, 6) is -0.0315. The molecule has 1 aliphatic carbocycles. The molecule has 0 atom stereocenters. The maximum atomic E-state index is 13.4. The summed E-state index contributed by atoms with van der Waals surface area (Å²) in [5, 5.41) is 0.931. The van der Waals surface area contributed by atoms with Crippen molar-refractivity contribution in [2.45, 2.75) is 44.9 Å². The van der Waals surface area contributed by atoms with E-state index in [4.69, 9.17) is 0 Å². The van der Waals surface area contributed by atoms with Crippen LogP contribution in [0.25, 0.3) is 0 Å². The minimum absolute atomic E-state index is 0.177. The van der Waals surface area contributed by atoms with Gasteiger partial charge in [-0.3, -0.25) is 4.79 Å². The monoisotopic (exact) mass is 353 g/mol. The van der Waals surface area contributed by atoms with Crippen molar-refractivity contribution in [1.82, 2.24) is 0 Å². The molecule has 1 saturated carbocycles. The fraction of sp³-hybridized carbons (Fsp3) is 0.588. The van der Waals surface area contributed by atoms with E-state index in [1.165, 1.54) is 38.2 Å². The van der Waals surface area contributed by atoms with Gasteiger partial charge in [-0.25, -0.2) is 4.39 Å². The van der Waals surface area contributed by atoms with E-state index >= 15 is 0 Å². The quantitative estimate of drug-likeness (QED) is 0.735. The van der Waals surface area contributed by atoms with Crippen LogP contribution in [0.15, 0.2) is 18.2 Å². The molecular formula is C17H21BrFNO. The number of carbonyl (C=O) groups excluding carboxylic acids is 1. The number of alkyl halides is 1. The van der Waals surface area contributed by atoms with Gasteiger partial charge >= 0.3 is 0 Å². The summed E-state index contributed by atoms with van der Waals surface area (Å²) >= 11 is 3.67. The predicted octanol–water partition coefficient (Wildman–Crippen LogP) is 4.45. The summed E-state index contributed by atoms with van der Waals surface area (Å²) in [6.07, 6.45) is 7.26. The Morgan fingerprint density at radius 2 is 1.95 bits per heavy atom. The largest absolute Gasteiger partial charge is 0.312 e. The molecule has 1 amide bonds. The first-order valence-corrected chi connectivity index (χ1v) is 8.90. The van der Waals surface area contributed by atoms with Crippen molar-refractivity contribution in [2.24, 2.45) is 5.41 Å². The summed E-state index contributed by atoms with van der Waals surface area (Å²) in [4.78, 5) is 14.3. The molecule has 114 valence electrons. The molecule has 21 heavy (non-hydrogen) atoms. The van der Waals surface area contributed by atoms with Crippen LogP contribution in [0.3, 0.4) is 0 Å². The second-order valence-electron chi connectivity index (χ2n) is 6.45. The van der Waals surface area contributed by atoms with Gasteiger partial charge < -0.3 is 4.90 Å². The second-order valence-corrected chi connectivity index (χ2v) is 7.01. The van der Waals surface area contributed by atoms with Crippen molar-refractivity contribution in [3.05, 3.63) is 29.6 Å². The van der Waals surface area contributed by atoms with Crippen molar-refractivity contribution >= 4 is 27.5 Å². The van der Waals surface area contributed by atoms with Crippen LogP contribution in [0.1, 0.15) is 44.1 Å². The van der Waals surface area contributed by atoms with Crippen LogP contribution in [-0.2, 0) is 11.2 Å². The van der Waals surface area contributed by atoms with Crippen molar-refractivity contribution in [3.8, 4) is 0 Å². The third kappa shape index (κ3) is 3.01. The Hall–Kier alpha value is -0.900. The molecule has 1 aromatic carbocycles. The highest BCUT2D eigenvalue weighted by molar-refractivity contribution is 9.09. The fourth-order valence-electron chi connectivity index (χ4n) is 3.67. The van der Waals surface area contributed by atoms with Crippen molar-refractivity contribution in [2.75, 3.05) is 16.8 Å². The van der Waals surface area contributed by atoms with Gasteiger partial charge in [0.1, 0.15) is 5.82 Å². The van der Waals surface area contributed by atoms with Gasteiger partial charge in [0.15, 0.2) is 0 Å². The van der Waals surface area contributed by atoms with Gasteiger partial charge in [-0.05, 0) is 48.4 Å². The van der Waals surface area contributed by atoms with E-state index in [0.29, 0.717) is 12.8 Å². The highest BCUT2D eigenvalue weighted by Crippen LogP contribution is 2.41. The maximum Gasteiger partial charge on any atom is 0.227 e. The number of carbonyl (C=O) groups is 1. The van der Waals surface area contributed by atoms with Gasteiger partial charge in [-0.15, -0.1) is 0 Å². The molecule has 0 radical (unpaired) electrons. The number of nitrogens with zero attached hydrogens (tertiary/aromatic N) is 1. The molecule has 0 unspecified atom stereocenters. The van der Waals surface area contributed by atoms with E-state index in [0.717, 1.165) is 23.1 Å². The zero-order chi connectivity index (χ0) is 14.9. The van der Waals surface area contributed by atoms with Crippen LogP contribution >= 0.6 is 15.9 Å². The first kappa shape index (κ1) is 15.0. The number of amides is 1. The SMILES string of the molecule is O=C1CCc2cc(F)ccc2N1CC1(CBr)CCCCC1. The number of rotatable bonds is 3. The molecule has 4 heteroatoms. The molecule has 0 N–H and O–H groups in total. The molecule has 1 fully saturated rings. The van der Waals surface area contributed by atoms with Gasteiger partial charge in [-0.2, -0.15) is 0 Å². The van der Waals surface area contributed by atoms with Gasteiger partial charge in [-0.1, -0.05) is 35.2 Å². The summed E-state index contributed by atoms with van der Waals surface area (Å²) in [7, 11) is 0. The number of hydrogen-bond donors (Lipinski definition) is 0. The van der Waals surface area contributed by atoms with E-state index in [9.17, 15) is 9.18 Å². The molecule has 2 aliphatic rings. The van der Waals surface area contributed by atoms with Gasteiger partial charge in [0.2, 0.25) is 5.91 Å². The van der Waals surface area contributed by atoms with E-state index in [1.54, 1.807) is 12.1 Å².